The molecule has 196 valence electrons. The summed E-state index contributed by atoms with van der Waals surface area (Å²) in [5.41, 5.74) is 5.42. The largest absolute Gasteiger partial charge is 0.481 e. The highest BCUT2D eigenvalue weighted by atomic mass is 35.5. The minimum absolute atomic E-state index is 0.0146. The summed E-state index contributed by atoms with van der Waals surface area (Å²) in [6.45, 7) is 0.505. The van der Waals surface area contributed by atoms with Gasteiger partial charge in [-0.2, -0.15) is 0 Å². The van der Waals surface area contributed by atoms with Crippen molar-refractivity contribution in [2.45, 2.75) is 31.5 Å². The predicted octanol–water partition coefficient (Wildman–Crippen LogP) is 3.18. The Labute approximate surface area is 224 Å². The van der Waals surface area contributed by atoms with Crippen LogP contribution in [0.5, 0.6) is 0 Å². The molecule has 1 aliphatic heterocycles. The second kappa shape index (κ2) is 12.3. The molecule has 1 fully saturated rings. The fourth-order valence-corrected chi connectivity index (χ4v) is 4.71. The van der Waals surface area contributed by atoms with Gasteiger partial charge >= 0.3 is 5.97 Å². The number of carbonyl (C=O) groups excluding carboxylic acids is 3. The van der Waals surface area contributed by atoms with Crippen LogP contribution in [0, 0.1) is 0 Å². The highest BCUT2D eigenvalue weighted by Crippen LogP contribution is 2.35. The number of amides is 3. The monoisotopic (exact) mass is 535 g/mol. The topological polar surface area (TPSA) is 123 Å². The van der Waals surface area contributed by atoms with Crippen molar-refractivity contribution in [2.75, 3.05) is 16.5 Å². The number of aromatic nitrogens is 1. The molecule has 0 spiro atoms. The van der Waals surface area contributed by atoms with Gasteiger partial charge in [-0.25, -0.2) is 10.4 Å². The van der Waals surface area contributed by atoms with E-state index in [1.807, 2.05) is 30.3 Å². The third-order valence-corrected chi connectivity index (χ3v) is 6.67. The van der Waals surface area contributed by atoms with E-state index in [0.29, 0.717) is 41.3 Å². The quantitative estimate of drug-likeness (QED) is 0.270. The predicted molar refractivity (Wildman–Crippen MR) is 141 cm³/mol. The van der Waals surface area contributed by atoms with Gasteiger partial charge in [-0.1, -0.05) is 48.0 Å². The number of pyridine rings is 1. The van der Waals surface area contributed by atoms with Crippen molar-refractivity contribution >= 4 is 47.7 Å². The van der Waals surface area contributed by atoms with Crippen molar-refractivity contribution < 1.29 is 24.3 Å². The third kappa shape index (κ3) is 6.16. The zero-order valence-corrected chi connectivity index (χ0v) is 21.1. The average molecular weight is 536 g/mol. The Bertz CT molecular complexity index is 1290. The second-order valence-corrected chi connectivity index (χ2v) is 9.15. The lowest BCUT2D eigenvalue weighted by Crippen LogP contribution is -2.40. The average Bonchev–Trinajstić information content (AvgIpc) is 3.31. The van der Waals surface area contributed by atoms with E-state index in [0.717, 1.165) is 5.56 Å². The summed E-state index contributed by atoms with van der Waals surface area (Å²) in [5, 5.41) is 11.1. The van der Waals surface area contributed by atoms with Crippen LogP contribution in [0.3, 0.4) is 0 Å². The van der Waals surface area contributed by atoms with Crippen molar-refractivity contribution in [2.24, 2.45) is 0 Å². The zero-order valence-electron chi connectivity index (χ0n) is 20.3. The molecule has 0 aliphatic carbocycles. The van der Waals surface area contributed by atoms with E-state index < -0.39 is 18.1 Å². The lowest BCUT2D eigenvalue weighted by atomic mass is 10.0. The highest BCUT2D eigenvalue weighted by Gasteiger charge is 2.38. The lowest BCUT2D eigenvalue weighted by molar-refractivity contribution is -0.139. The molecular formula is C27H26ClN5O5. The van der Waals surface area contributed by atoms with E-state index in [9.17, 15) is 24.3 Å². The summed E-state index contributed by atoms with van der Waals surface area (Å²) >= 11 is 6.46. The fraction of sp³-hybridized carbons (Fsp3) is 0.222. The minimum Gasteiger partial charge on any atom is -0.481 e. The molecule has 3 aromatic rings. The molecule has 2 N–H and O–H groups in total. The van der Waals surface area contributed by atoms with Gasteiger partial charge in [0.2, 0.25) is 18.7 Å². The second-order valence-electron chi connectivity index (χ2n) is 8.75. The van der Waals surface area contributed by atoms with E-state index in [2.05, 4.69) is 10.4 Å². The molecule has 38 heavy (non-hydrogen) atoms. The van der Waals surface area contributed by atoms with Gasteiger partial charge in [-0.3, -0.25) is 24.2 Å². The summed E-state index contributed by atoms with van der Waals surface area (Å²) < 4.78 is 0. The maximum Gasteiger partial charge on any atom is 0.305 e. The van der Waals surface area contributed by atoms with Crippen LogP contribution in [0.25, 0.3) is 0 Å². The number of hydrogen-bond donors (Lipinski definition) is 2. The summed E-state index contributed by atoms with van der Waals surface area (Å²) in [6.07, 6.45) is 3.91. The number of carboxylic acids is 1. The van der Waals surface area contributed by atoms with E-state index in [1.165, 1.54) is 21.0 Å². The molecule has 3 amide bonds. The van der Waals surface area contributed by atoms with Crippen LogP contribution >= 0.6 is 11.6 Å². The van der Waals surface area contributed by atoms with Gasteiger partial charge < -0.3 is 14.9 Å². The summed E-state index contributed by atoms with van der Waals surface area (Å²) in [7, 11) is 0. The van der Waals surface area contributed by atoms with Crippen molar-refractivity contribution in [3.8, 4) is 0 Å². The molecule has 0 saturated carbocycles. The number of benzene rings is 2. The van der Waals surface area contributed by atoms with E-state index in [1.54, 1.807) is 36.5 Å². The standard InChI is InChI=1S/C27H26ClN5O5/c28-23-9-8-21(33(18-35)30-14-19-5-2-1-3-6-19)11-25(23)31-16-22(12-26(31)36)32(17-34)24(13-27(37)38)20-7-4-10-29-15-20/h1-11,15,17-18,22,24,30H,12-14,16H2,(H,37,38). The van der Waals surface area contributed by atoms with Gasteiger partial charge in [0.25, 0.3) is 0 Å². The van der Waals surface area contributed by atoms with Gasteiger partial charge in [0, 0.05) is 31.9 Å². The minimum atomic E-state index is -1.08. The number of halogens is 1. The van der Waals surface area contributed by atoms with Crippen molar-refractivity contribution in [3.63, 3.8) is 0 Å². The van der Waals surface area contributed by atoms with Crippen LogP contribution in [-0.2, 0) is 25.7 Å². The number of carbonyl (C=O) groups is 4. The maximum atomic E-state index is 13.1. The molecule has 1 aliphatic rings. The molecule has 1 aromatic heterocycles. The van der Waals surface area contributed by atoms with Crippen molar-refractivity contribution in [1.82, 2.24) is 15.3 Å². The Morgan fingerprint density at radius 1 is 1.16 bits per heavy atom. The Morgan fingerprint density at radius 2 is 1.95 bits per heavy atom. The molecule has 2 atom stereocenters. The van der Waals surface area contributed by atoms with Crippen LogP contribution in [0.2, 0.25) is 5.02 Å². The summed E-state index contributed by atoms with van der Waals surface area (Å²) in [6, 6.07) is 16.4. The normalized spacial score (nSPS) is 15.7. The molecule has 0 bridgehead atoms. The first-order valence-electron chi connectivity index (χ1n) is 11.9. The molecule has 4 rings (SSSR count). The first kappa shape index (κ1) is 26.8. The van der Waals surface area contributed by atoms with Crippen molar-refractivity contribution in [1.29, 1.82) is 0 Å². The first-order chi connectivity index (χ1) is 18.4. The third-order valence-electron chi connectivity index (χ3n) is 6.35. The van der Waals surface area contributed by atoms with Crippen LogP contribution in [0.4, 0.5) is 11.4 Å². The van der Waals surface area contributed by atoms with Crippen LogP contribution in [0.15, 0.2) is 73.1 Å². The fourth-order valence-electron chi connectivity index (χ4n) is 4.49. The number of nitrogens with one attached hydrogen (secondary N) is 1. The number of carboxylic acid groups (broad SMARTS) is 1. The molecule has 2 heterocycles. The van der Waals surface area contributed by atoms with E-state index >= 15 is 0 Å². The molecule has 11 heteroatoms. The van der Waals surface area contributed by atoms with Crippen LogP contribution in [0.1, 0.15) is 30.0 Å². The molecule has 2 aromatic carbocycles. The number of nitrogens with zero attached hydrogens (tertiary/aromatic N) is 4. The van der Waals surface area contributed by atoms with Gasteiger partial charge in [0.15, 0.2) is 0 Å². The van der Waals surface area contributed by atoms with Gasteiger partial charge in [-0.15, -0.1) is 0 Å². The molecule has 2 unspecified atom stereocenters. The summed E-state index contributed by atoms with van der Waals surface area (Å²) in [4.78, 5) is 55.6. The van der Waals surface area contributed by atoms with E-state index in [4.69, 9.17) is 11.6 Å². The summed E-state index contributed by atoms with van der Waals surface area (Å²) in [5.74, 6) is -1.37. The van der Waals surface area contributed by atoms with Gasteiger partial charge in [0.05, 0.1) is 34.9 Å². The molecular weight excluding hydrogens is 510 g/mol. The number of hydrazine groups is 1. The Hall–Kier alpha value is -4.28. The van der Waals surface area contributed by atoms with Crippen molar-refractivity contribution in [3.05, 3.63) is 89.2 Å². The van der Waals surface area contributed by atoms with Crippen LogP contribution in [-0.4, -0.2) is 52.3 Å². The smallest absolute Gasteiger partial charge is 0.305 e. The highest BCUT2D eigenvalue weighted by molar-refractivity contribution is 6.34. The number of rotatable bonds is 12. The SMILES string of the molecule is O=CN(NCc1ccccc1)c1ccc(Cl)c(N2CC(N(C=O)C(CC(=O)O)c3cccnc3)CC2=O)c1. The molecule has 10 nitrogen and oxygen atoms in total. The Morgan fingerprint density at radius 3 is 2.61 bits per heavy atom. The molecule has 0 radical (unpaired) electrons. The van der Waals surface area contributed by atoms with Crippen LogP contribution < -0.4 is 15.3 Å². The first-order valence-corrected chi connectivity index (χ1v) is 12.3. The maximum absolute atomic E-state index is 13.1. The Kier molecular flexibility index (Phi) is 8.67. The zero-order chi connectivity index (χ0) is 27.1. The molecule has 1 saturated heterocycles. The van der Waals surface area contributed by atoms with Gasteiger partial charge in [-0.05, 0) is 35.4 Å². The van der Waals surface area contributed by atoms with E-state index in [-0.39, 0.29) is 25.3 Å². The number of hydrogen-bond acceptors (Lipinski definition) is 6. The number of anilines is 2. The number of aliphatic carboxylic acids is 1. The lowest BCUT2D eigenvalue weighted by Gasteiger charge is -2.32. The van der Waals surface area contributed by atoms with Gasteiger partial charge in [0.1, 0.15) is 0 Å². The Balaban J connectivity index is 1.56.